The molecule has 0 fully saturated rings. The van der Waals surface area contributed by atoms with Crippen molar-refractivity contribution in [1.82, 2.24) is 5.32 Å². The second-order valence-corrected chi connectivity index (χ2v) is 5.96. The molecule has 0 aliphatic heterocycles. The lowest BCUT2D eigenvalue weighted by Crippen LogP contribution is -2.20. The molecule has 1 atom stereocenters. The molecule has 0 aliphatic rings. The maximum atomic E-state index is 10.0. The van der Waals surface area contributed by atoms with Crippen LogP contribution in [0.25, 0.3) is 0 Å². The normalized spacial score (nSPS) is 12.3. The van der Waals surface area contributed by atoms with Crippen LogP contribution in [-0.2, 0) is 6.54 Å². The minimum Gasteiger partial charge on any atom is -0.508 e. The van der Waals surface area contributed by atoms with Gasteiger partial charge in [0, 0.05) is 27.6 Å². The highest BCUT2D eigenvalue weighted by Crippen LogP contribution is 2.29. The minimum absolute atomic E-state index is 0.0868. The van der Waals surface area contributed by atoms with Crippen molar-refractivity contribution in [3.8, 4) is 5.75 Å². The van der Waals surface area contributed by atoms with E-state index in [1.54, 1.807) is 6.07 Å². The van der Waals surface area contributed by atoms with Crippen molar-refractivity contribution in [2.45, 2.75) is 25.9 Å². The second kappa shape index (κ2) is 7.11. The first-order valence-corrected chi connectivity index (χ1v) is 7.74. The Labute approximate surface area is 132 Å². The van der Waals surface area contributed by atoms with Crippen molar-refractivity contribution >= 4 is 27.5 Å². The number of nitrogens with one attached hydrogen (secondary N) is 1. The van der Waals surface area contributed by atoms with Gasteiger partial charge in [-0.1, -0.05) is 52.7 Å². The average Bonchev–Trinajstić information content (AvgIpc) is 2.45. The van der Waals surface area contributed by atoms with Gasteiger partial charge in [0.05, 0.1) is 0 Å². The Bertz CT molecular complexity index is 588. The standard InChI is InChI=1S/C16H17BrClNO/c1-2-15(13-9-12(17)7-8-16(13)20)19-10-11-5-3-4-6-14(11)18/h3-9,15,19-20H,2,10H2,1H3. The van der Waals surface area contributed by atoms with E-state index in [4.69, 9.17) is 11.6 Å². The van der Waals surface area contributed by atoms with Crippen molar-refractivity contribution in [2.75, 3.05) is 0 Å². The number of aromatic hydroxyl groups is 1. The first kappa shape index (κ1) is 15.4. The Hall–Kier alpha value is -1.03. The molecule has 0 saturated carbocycles. The van der Waals surface area contributed by atoms with Crippen LogP contribution in [0.3, 0.4) is 0 Å². The highest BCUT2D eigenvalue weighted by molar-refractivity contribution is 9.10. The Morgan fingerprint density at radius 2 is 2.00 bits per heavy atom. The van der Waals surface area contributed by atoms with Crippen molar-refractivity contribution in [3.05, 3.63) is 63.1 Å². The van der Waals surface area contributed by atoms with Crippen LogP contribution in [0, 0.1) is 0 Å². The molecule has 0 saturated heterocycles. The summed E-state index contributed by atoms with van der Waals surface area (Å²) in [6, 6.07) is 13.4. The topological polar surface area (TPSA) is 32.3 Å². The molecule has 2 aromatic carbocycles. The van der Waals surface area contributed by atoms with E-state index >= 15 is 0 Å². The first-order chi connectivity index (χ1) is 9.61. The third-order valence-electron chi connectivity index (χ3n) is 3.27. The molecule has 0 radical (unpaired) electrons. The van der Waals surface area contributed by atoms with Gasteiger partial charge in [-0.3, -0.25) is 0 Å². The fourth-order valence-corrected chi connectivity index (χ4v) is 2.73. The average molecular weight is 355 g/mol. The largest absolute Gasteiger partial charge is 0.508 e. The number of benzene rings is 2. The van der Waals surface area contributed by atoms with Crippen LogP contribution in [0.2, 0.25) is 5.02 Å². The monoisotopic (exact) mass is 353 g/mol. The maximum absolute atomic E-state index is 10.0. The predicted octanol–water partition coefficient (Wildman–Crippen LogP) is 5.05. The van der Waals surface area contributed by atoms with Crippen molar-refractivity contribution in [1.29, 1.82) is 0 Å². The second-order valence-electron chi connectivity index (χ2n) is 4.64. The van der Waals surface area contributed by atoms with Crippen LogP contribution in [0.4, 0.5) is 0 Å². The Morgan fingerprint density at radius 3 is 2.70 bits per heavy atom. The summed E-state index contributed by atoms with van der Waals surface area (Å²) in [4.78, 5) is 0. The third kappa shape index (κ3) is 3.75. The van der Waals surface area contributed by atoms with Crippen molar-refractivity contribution in [3.63, 3.8) is 0 Å². The zero-order chi connectivity index (χ0) is 14.5. The maximum Gasteiger partial charge on any atom is 0.120 e. The smallest absolute Gasteiger partial charge is 0.120 e. The Morgan fingerprint density at radius 1 is 1.25 bits per heavy atom. The van der Waals surface area contributed by atoms with Crippen LogP contribution in [0.5, 0.6) is 5.75 Å². The molecule has 2 rings (SSSR count). The fraction of sp³-hybridized carbons (Fsp3) is 0.250. The quantitative estimate of drug-likeness (QED) is 0.787. The molecular weight excluding hydrogens is 338 g/mol. The van der Waals surface area contributed by atoms with E-state index < -0.39 is 0 Å². The molecule has 2 aromatic rings. The molecule has 106 valence electrons. The van der Waals surface area contributed by atoms with Crippen molar-refractivity contribution < 1.29 is 5.11 Å². The summed E-state index contributed by atoms with van der Waals surface area (Å²) >= 11 is 9.60. The van der Waals surface area contributed by atoms with Gasteiger partial charge in [0.15, 0.2) is 0 Å². The SMILES string of the molecule is CCC(NCc1ccccc1Cl)c1cc(Br)ccc1O. The highest BCUT2D eigenvalue weighted by Gasteiger charge is 2.14. The molecule has 0 bridgehead atoms. The predicted molar refractivity (Wildman–Crippen MR) is 87.1 cm³/mol. The molecule has 0 spiro atoms. The summed E-state index contributed by atoms with van der Waals surface area (Å²) in [5.74, 6) is 0.312. The van der Waals surface area contributed by atoms with Gasteiger partial charge in [-0.05, 0) is 36.2 Å². The summed E-state index contributed by atoms with van der Waals surface area (Å²) in [5, 5.41) is 14.2. The zero-order valence-corrected chi connectivity index (χ0v) is 13.6. The van der Waals surface area contributed by atoms with E-state index in [-0.39, 0.29) is 6.04 Å². The van der Waals surface area contributed by atoms with Gasteiger partial charge in [0.1, 0.15) is 5.75 Å². The van der Waals surface area contributed by atoms with Crippen molar-refractivity contribution in [2.24, 2.45) is 0 Å². The van der Waals surface area contributed by atoms with Gasteiger partial charge >= 0.3 is 0 Å². The lowest BCUT2D eigenvalue weighted by atomic mass is 10.0. The van der Waals surface area contributed by atoms with Gasteiger partial charge in [-0.25, -0.2) is 0 Å². The molecule has 2 nitrogen and oxygen atoms in total. The van der Waals surface area contributed by atoms with Crippen LogP contribution in [0.1, 0.15) is 30.5 Å². The van der Waals surface area contributed by atoms with Gasteiger partial charge in [0.25, 0.3) is 0 Å². The number of hydrogen-bond donors (Lipinski definition) is 2. The van der Waals surface area contributed by atoms with Crippen LogP contribution >= 0.6 is 27.5 Å². The molecule has 4 heteroatoms. The van der Waals surface area contributed by atoms with Crippen LogP contribution < -0.4 is 5.32 Å². The number of phenols is 1. The lowest BCUT2D eigenvalue weighted by Gasteiger charge is -2.19. The van der Waals surface area contributed by atoms with E-state index in [0.717, 1.165) is 27.0 Å². The summed E-state index contributed by atoms with van der Waals surface area (Å²) in [7, 11) is 0. The van der Waals surface area contributed by atoms with Gasteiger partial charge in [-0.15, -0.1) is 0 Å². The Kier molecular flexibility index (Phi) is 5.46. The number of halogens is 2. The summed E-state index contributed by atoms with van der Waals surface area (Å²) < 4.78 is 0.961. The summed E-state index contributed by atoms with van der Waals surface area (Å²) in [5.41, 5.74) is 1.95. The summed E-state index contributed by atoms with van der Waals surface area (Å²) in [6.07, 6.45) is 0.883. The molecule has 2 N–H and O–H groups in total. The first-order valence-electron chi connectivity index (χ1n) is 6.57. The fourth-order valence-electron chi connectivity index (χ4n) is 2.15. The third-order valence-corrected chi connectivity index (χ3v) is 4.13. The van der Waals surface area contributed by atoms with Crippen LogP contribution in [0.15, 0.2) is 46.9 Å². The number of rotatable bonds is 5. The zero-order valence-electron chi connectivity index (χ0n) is 11.2. The summed E-state index contributed by atoms with van der Waals surface area (Å²) in [6.45, 7) is 2.76. The van der Waals surface area contributed by atoms with E-state index in [1.807, 2.05) is 36.4 Å². The molecule has 0 aliphatic carbocycles. The molecule has 1 unspecified atom stereocenters. The molecule has 0 heterocycles. The van der Waals surface area contributed by atoms with E-state index in [2.05, 4.69) is 28.2 Å². The Balaban J connectivity index is 2.13. The lowest BCUT2D eigenvalue weighted by molar-refractivity contribution is 0.440. The molecule has 0 aromatic heterocycles. The highest BCUT2D eigenvalue weighted by atomic mass is 79.9. The molecular formula is C16H17BrClNO. The van der Waals surface area contributed by atoms with Gasteiger partial charge in [-0.2, -0.15) is 0 Å². The van der Waals surface area contributed by atoms with E-state index in [1.165, 1.54) is 0 Å². The number of hydrogen-bond acceptors (Lipinski definition) is 2. The molecule has 0 amide bonds. The van der Waals surface area contributed by atoms with Gasteiger partial charge < -0.3 is 10.4 Å². The van der Waals surface area contributed by atoms with Gasteiger partial charge in [0.2, 0.25) is 0 Å². The number of phenolic OH excluding ortho intramolecular Hbond substituents is 1. The minimum atomic E-state index is 0.0868. The van der Waals surface area contributed by atoms with E-state index in [9.17, 15) is 5.11 Å². The molecule has 20 heavy (non-hydrogen) atoms. The van der Waals surface area contributed by atoms with Crippen LogP contribution in [-0.4, -0.2) is 5.11 Å². The van der Waals surface area contributed by atoms with E-state index in [0.29, 0.717) is 12.3 Å².